The highest BCUT2D eigenvalue weighted by molar-refractivity contribution is 6.31. The van der Waals surface area contributed by atoms with Gasteiger partial charge in [0.05, 0.1) is 6.61 Å². The van der Waals surface area contributed by atoms with Gasteiger partial charge in [-0.05, 0) is 31.5 Å². The van der Waals surface area contributed by atoms with E-state index in [1.165, 1.54) is 0 Å². The lowest BCUT2D eigenvalue weighted by molar-refractivity contribution is 0.208. The molecule has 0 spiro atoms. The normalized spacial score (nSPS) is 14.3. The number of piperazine rings is 1. The maximum Gasteiger partial charge on any atom is 0.321 e. The number of hydrogen-bond acceptors (Lipinski definition) is 5. The molecular weight excluding hydrogens is 354 g/mol. The number of hydrogen-bond donors (Lipinski definition) is 1. The molecule has 1 aromatic heterocycles. The van der Waals surface area contributed by atoms with Crippen molar-refractivity contribution in [1.82, 2.24) is 14.9 Å². The molecule has 1 saturated heterocycles. The number of aromatic nitrogens is 2. The van der Waals surface area contributed by atoms with Crippen LogP contribution in [0.25, 0.3) is 0 Å². The monoisotopic (exact) mass is 375 g/mol. The predicted octanol–water partition coefficient (Wildman–Crippen LogP) is 3.19. The minimum absolute atomic E-state index is 0.131. The van der Waals surface area contributed by atoms with Gasteiger partial charge in [-0.1, -0.05) is 17.7 Å². The van der Waals surface area contributed by atoms with Crippen LogP contribution in [0, 0.1) is 6.92 Å². The standard InChI is InChI=1S/C18H22ClN5O2/c1-3-26-17-16(20-6-7-21-17)23-8-10-24(11-9-23)18(25)22-14-5-4-13(2)15(19)12-14/h4-7,12H,3,8-11H2,1-2H3,(H,22,25). The van der Waals surface area contributed by atoms with Crippen LogP contribution in [0.15, 0.2) is 30.6 Å². The molecule has 3 rings (SSSR count). The highest BCUT2D eigenvalue weighted by Gasteiger charge is 2.24. The number of ether oxygens (including phenoxy) is 1. The van der Waals surface area contributed by atoms with E-state index in [0.717, 1.165) is 11.4 Å². The van der Waals surface area contributed by atoms with Crippen LogP contribution in [0.2, 0.25) is 5.02 Å². The zero-order valence-electron chi connectivity index (χ0n) is 14.9. The number of urea groups is 1. The molecule has 1 aliphatic rings. The lowest BCUT2D eigenvalue weighted by Gasteiger charge is -2.35. The number of benzene rings is 1. The minimum Gasteiger partial charge on any atom is -0.475 e. The zero-order valence-corrected chi connectivity index (χ0v) is 15.7. The molecule has 1 fully saturated rings. The van der Waals surface area contributed by atoms with Crippen LogP contribution in [0.1, 0.15) is 12.5 Å². The van der Waals surface area contributed by atoms with Gasteiger partial charge in [-0.15, -0.1) is 0 Å². The van der Waals surface area contributed by atoms with Crippen molar-refractivity contribution in [2.45, 2.75) is 13.8 Å². The molecule has 138 valence electrons. The molecule has 2 aromatic rings. The second-order valence-electron chi connectivity index (χ2n) is 5.99. The Morgan fingerprint density at radius 2 is 1.96 bits per heavy atom. The average Bonchev–Trinajstić information content (AvgIpc) is 2.66. The summed E-state index contributed by atoms with van der Waals surface area (Å²) in [5, 5.41) is 3.54. The first kappa shape index (κ1) is 18.3. The quantitative estimate of drug-likeness (QED) is 0.888. The number of halogens is 1. The minimum atomic E-state index is -0.131. The molecule has 0 aliphatic carbocycles. The van der Waals surface area contributed by atoms with E-state index in [1.54, 1.807) is 23.4 Å². The largest absolute Gasteiger partial charge is 0.475 e. The van der Waals surface area contributed by atoms with Crippen molar-refractivity contribution >= 4 is 29.1 Å². The fraction of sp³-hybridized carbons (Fsp3) is 0.389. The van der Waals surface area contributed by atoms with E-state index in [-0.39, 0.29) is 6.03 Å². The molecule has 2 amide bonds. The first-order valence-corrected chi connectivity index (χ1v) is 8.97. The number of anilines is 2. The first-order valence-electron chi connectivity index (χ1n) is 8.59. The second kappa shape index (κ2) is 8.23. The van der Waals surface area contributed by atoms with Gasteiger partial charge in [-0.2, -0.15) is 0 Å². The highest BCUT2D eigenvalue weighted by Crippen LogP contribution is 2.24. The number of rotatable bonds is 4. The summed E-state index contributed by atoms with van der Waals surface area (Å²) >= 11 is 6.11. The van der Waals surface area contributed by atoms with Gasteiger partial charge >= 0.3 is 6.03 Å². The number of nitrogens with one attached hydrogen (secondary N) is 1. The molecule has 0 atom stereocenters. The zero-order chi connectivity index (χ0) is 18.5. The van der Waals surface area contributed by atoms with E-state index in [2.05, 4.69) is 20.2 Å². The van der Waals surface area contributed by atoms with Gasteiger partial charge in [0, 0.05) is 49.3 Å². The highest BCUT2D eigenvalue weighted by atomic mass is 35.5. The summed E-state index contributed by atoms with van der Waals surface area (Å²) in [5.74, 6) is 1.25. The summed E-state index contributed by atoms with van der Waals surface area (Å²) in [5.41, 5.74) is 1.67. The first-order chi connectivity index (χ1) is 12.6. The number of amides is 2. The summed E-state index contributed by atoms with van der Waals surface area (Å²) in [6.45, 7) is 6.89. The SMILES string of the molecule is CCOc1nccnc1N1CCN(C(=O)Nc2ccc(C)c(Cl)c2)CC1. The number of nitrogens with zero attached hydrogens (tertiary/aromatic N) is 4. The Bertz CT molecular complexity index is 778. The topological polar surface area (TPSA) is 70.6 Å². The number of carbonyl (C=O) groups excluding carboxylic acids is 1. The second-order valence-corrected chi connectivity index (χ2v) is 6.39. The molecule has 0 unspecified atom stereocenters. The van der Waals surface area contributed by atoms with Gasteiger partial charge in [0.1, 0.15) is 0 Å². The lowest BCUT2D eigenvalue weighted by atomic mass is 10.2. The molecule has 0 radical (unpaired) electrons. The Balaban J connectivity index is 1.59. The van der Waals surface area contributed by atoms with Gasteiger partial charge in [-0.3, -0.25) is 0 Å². The summed E-state index contributed by atoms with van der Waals surface area (Å²) < 4.78 is 5.54. The Morgan fingerprint density at radius 3 is 2.65 bits per heavy atom. The molecule has 0 saturated carbocycles. The van der Waals surface area contributed by atoms with Gasteiger partial charge < -0.3 is 19.9 Å². The average molecular weight is 376 g/mol. The number of carbonyl (C=O) groups is 1. The fourth-order valence-electron chi connectivity index (χ4n) is 2.77. The van der Waals surface area contributed by atoms with Gasteiger partial charge in [0.2, 0.25) is 0 Å². The van der Waals surface area contributed by atoms with E-state index in [1.807, 2.05) is 26.0 Å². The van der Waals surface area contributed by atoms with Crippen LogP contribution in [0.5, 0.6) is 5.88 Å². The molecule has 8 heteroatoms. The van der Waals surface area contributed by atoms with Crippen molar-refractivity contribution < 1.29 is 9.53 Å². The Morgan fingerprint density at radius 1 is 1.23 bits per heavy atom. The lowest BCUT2D eigenvalue weighted by Crippen LogP contribution is -2.50. The summed E-state index contributed by atoms with van der Waals surface area (Å²) in [6.07, 6.45) is 3.27. The van der Waals surface area contributed by atoms with E-state index in [0.29, 0.717) is 49.4 Å². The van der Waals surface area contributed by atoms with Crippen LogP contribution >= 0.6 is 11.6 Å². The smallest absolute Gasteiger partial charge is 0.321 e. The van der Waals surface area contributed by atoms with Crippen molar-refractivity contribution in [3.05, 3.63) is 41.2 Å². The third-order valence-corrected chi connectivity index (χ3v) is 4.62. The third kappa shape index (κ3) is 4.16. The Kier molecular flexibility index (Phi) is 5.78. The summed E-state index contributed by atoms with van der Waals surface area (Å²) in [6, 6.07) is 5.37. The van der Waals surface area contributed by atoms with E-state index in [4.69, 9.17) is 16.3 Å². The van der Waals surface area contributed by atoms with Crippen LogP contribution in [0.4, 0.5) is 16.3 Å². The molecular formula is C18H22ClN5O2. The van der Waals surface area contributed by atoms with E-state index >= 15 is 0 Å². The van der Waals surface area contributed by atoms with Crippen LogP contribution < -0.4 is 15.0 Å². The van der Waals surface area contributed by atoms with Gasteiger partial charge in [0.25, 0.3) is 5.88 Å². The van der Waals surface area contributed by atoms with Crippen LogP contribution in [0.3, 0.4) is 0 Å². The summed E-state index contributed by atoms with van der Waals surface area (Å²) in [4.78, 5) is 25.0. The molecule has 2 heterocycles. The van der Waals surface area contributed by atoms with Gasteiger partial charge in [-0.25, -0.2) is 14.8 Å². The van der Waals surface area contributed by atoms with Crippen molar-refractivity contribution in [3.8, 4) is 5.88 Å². The van der Waals surface area contributed by atoms with Crippen LogP contribution in [-0.4, -0.2) is 53.7 Å². The van der Waals surface area contributed by atoms with Crippen molar-refractivity contribution in [2.75, 3.05) is 43.0 Å². The van der Waals surface area contributed by atoms with Gasteiger partial charge in [0.15, 0.2) is 5.82 Å². The summed E-state index contributed by atoms with van der Waals surface area (Å²) in [7, 11) is 0. The number of aryl methyl sites for hydroxylation is 1. The maximum atomic E-state index is 12.5. The third-order valence-electron chi connectivity index (χ3n) is 4.22. The molecule has 1 aliphatic heterocycles. The molecule has 7 nitrogen and oxygen atoms in total. The Labute approximate surface area is 157 Å². The van der Waals surface area contributed by atoms with Crippen molar-refractivity contribution in [3.63, 3.8) is 0 Å². The van der Waals surface area contributed by atoms with Crippen molar-refractivity contribution in [2.24, 2.45) is 0 Å². The maximum absolute atomic E-state index is 12.5. The van der Waals surface area contributed by atoms with E-state index < -0.39 is 0 Å². The Hall–Kier alpha value is -2.54. The predicted molar refractivity (Wildman–Crippen MR) is 102 cm³/mol. The van der Waals surface area contributed by atoms with E-state index in [9.17, 15) is 4.79 Å². The van der Waals surface area contributed by atoms with Crippen molar-refractivity contribution in [1.29, 1.82) is 0 Å². The fourth-order valence-corrected chi connectivity index (χ4v) is 2.95. The molecule has 0 bridgehead atoms. The van der Waals surface area contributed by atoms with Crippen LogP contribution in [-0.2, 0) is 0 Å². The molecule has 1 aromatic carbocycles. The molecule has 1 N–H and O–H groups in total. The molecule has 26 heavy (non-hydrogen) atoms.